The molecule has 3 rings (SSSR count). The van der Waals surface area contributed by atoms with Crippen LogP contribution in [-0.2, 0) is 16.0 Å². The number of benzene rings is 1. The molecule has 1 aromatic carbocycles. The lowest BCUT2D eigenvalue weighted by Gasteiger charge is -2.24. The Balaban J connectivity index is 1.78. The summed E-state index contributed by atoms with van der Waals surface area (Å²) in [6, 6.07) is 4.10. The van der Waals surface area contributed by atoms with Gasteiger partial charge in [-0.2, -0.15) is 0 Å². The number of aryl methyl sites for hydroxylation is 1. The zero-order valence-corrected chi connectivity index (χ0v) is 11.7. The maximum Gasteiger partial charge on any atom is 0.224 e. The molecule has 5 heteroatoms. The van der Waals surface area contributed by atoms with Crippen LogP contribution < -0.4 is 16.4 Å². The Bertz CT molecular complexity index is 524. The van der Waals surface area contributed by atoms with Crippen LogP contribution >= 0.6 is 0 Å². The van der Waals surface area contributed by atoms with E-state index in [0.29, 0.717) is 6.42 Å². The quantitative estimate of drug-likeness (QED) is 0.739. The highest BCUT2D eigenvalue weighted by Crippen LogP contribution is 2.32. The van der Waals surface area contributed by atoms with Gasteiger partial charge in [-0.15, -0.1) is 0 Å². The number of carbonyl (C=O) groups excluding carboxylic acids is 1. The van der Waals surface area contributed by atoms with Crippen LogP contribution in [0.1, 0.15) is 31.7 Å². The van der Waals surface area contributed by atoms with Gasteiger partial charge in [-0.05, 0) is 43.9 Å². The number of rotatable bonds is 3. The number of hydrogen-bond acceptors (Lipinski definition) is 4. The molecule has 0 aliphatic carbocycles. The van der Waals surface area contributed by atoms with E-state index < -0.39 is 0 Å². The number of amides is 1. The summed E-state index contributed by atoms with van der Waals surface area (Å²) in [4.78, 5) is 11.5. The molecule has 1 aromatic rings. The van der Waals surface area contributed by atoms with Gasteiger partial charge in [-0.1, -0.05) is 0 Å². The maximum atomic E-state index is 11.5. The largest absolute Gasteiger partial charge is 0.397 e. The monoisotopic (exact) mass is 275 g/mol. The highest BCUT2D eigenvalue weighted by Gasteiger charge is 2.23. The van der Waals surface area contributed by atoms with Gasteiger partial charge in [0.15, 0.2) is 0 Å². The van der Waals surface area contributed by atoms with Crippen molar-refractivity contribution >= 4 is 23.0 Å². The summed E-state index contributed by atoms with van der Waals surface area (Å²) in [5.74, 6) is 0.0698. The third kappa shape index (κ3) is 2.58. The molecule has 1 saturated heterocycles. The Kier molecular flexibility index (Phi) is 3.53. The standard InChI is InChI=1S/C15H21N3O2/c1-9(14-3-2-6-20-14)17-13-8-12-10(7-11(13)16)4-5-15(19)18-12/h7-9,14,17H,2-6,16H2,1H3,(H,18,19). The second-order valence-corrected chi connectivity index (χ2v) is 5.63. The predicted octanol–water partition coefficient (Wildman–Crippen LogP) is 2.13. The van der Waals surface area contributed by atoms with Crippen molar-refractivity contribution in [1.82, 2.24) is 0 Å². The van der Waals surface area contributed by atoms with Crippen LogP contribution in [0, 0.1) is 0 Å². The lowest BCUT2D eigenvalue weighted by atomic mass is 10.0. The Labute approximate surface area is 118 Å². The molecule has 0 saturated carbocycles. The highest BCUT2D eigenvalue weighted by molar-refractivity contribution is 5.95. The molecule has 2 aliphatic heterocycles. The smallest absolute Gasteiger partial charge is 0.224 e. The number of nitrogens with two attached hydrogens (primary N) is 1. The zero-order valence-electron chi connectivity index (χ0n) is 11.7. The van der Waals surface area contributed by atoms with Crippen molar-refractivity contribution in [3.8, 4) is 0 Å². The van der Waals surface area contributed by atoms with Gasteiger partial charge in [-0.25, -0.2) is 0 Å². The summed E-state index contributed by atoms with van der Waals surface area (Å²) in [7, 11) is 0. The minimum absolute atomic E-state index is 0.0698. The summed E-state index contributed by atoms with van der Waals surface area (Å²) in [6.07, 6.45) is 3.72. The molecule has 2 heterocycles. The average molecular weight is 275 g/mol. The molecule has 0 aromatic heterocycles. The minimum Gasteiger partial charge on any atom is -0.397 e. The van der Waals surface area contributed by atoms with Crippen molar-refractivity contribution in [3.05, 3.63) is 17.7 Å². The van der Waals surface area contributed by atoms with Crippen LogP contribution in [0.4, 0.5) is 17.1 Å². The predicted molar refractivity (Wildman–Crippen MR) is 79.9 cm³/mol. The molecule has 0 radical (unpaired) electrons. The zero-order chi connectivity index (χ0) is 14.1. The van der Waals surface area contributed by atoms with Crippen LogP contribution in [0.15, 0.2) is 12.1 Å². The molecule has 5 nitrogen and oxygen atoms in total. The van der Waals surface area contributed by atoms with Crippen molar-refractivity contribution in [2.45, 2.75) is 44.8 Å². The second-order valence-electron chi connectivity index (χ2n) is 5.63. The van der Waals surface area contributed by atoms with Crippen molar-refractivity contribution < 1.29 is 9.53 Å². The van der Waals surface area contributed by atoms with Gasteiger partial charge >= 0.3 is 0 Å². The van der Waals surface area contributed by atoms with E-state index in [4.69, 9.17) is 10.5 Å². The first-order valence-corrected chi connectivity index (χ1v) is 7.24. The Morgan fingerprint density at radius 3 is 3.05 bits per heavy atom. The van der Waals surface area contributed by atoms with E-state index in [1.54, 1.807) is 0 Å². The van der Waals surface area contributed by atoms with E-state index in [9.17, 15) is 4.79 Å². The first kappa shape index (κ1) is 13.2. The summed E-state index contributed by atoms with van der Waals surface area (Å²) in [5.41, 5.74) is 9.69. The third-order valence-corrected chi connectivity index (χ3v) is 4.08. The van der Waals surface area contributed by atoms with E-state index in [2.05, 4.69) is 17.6 Å². The van der Waals surface area contributed by atoms with E-state index in [0.717, 1.165) is 48.5 Å². The fraction of sp³-hybridized carbons (Fsp3) is 0.533. The van der Waals surface area contributed by atoms with Crippen LogP contribution in [0.5, 0.6) is 0 Å². The Hall–Kier alpha value is -1.75. The summed E-state index contributed by atoms with van der Waals surface area (Å²) in [5, 5.41) is 6.32. The third-order valence-electron chi connectivity index (χ3n) is 4.08. The molecule has 108 valence electrons. The molecule has 2 atom stereocenters. The van der Waals surface area contributed by atoms with Gasteiger partial charge in [-0.3, -0.25) is 4.79 Å². The number of nitrogens with one attached hydrogen (secondary N) is 2. The molecule has 1 fully saturated rings. The van der Waals surface area contributed by atoms with Crippen LogP contribution in [-0.4, -0.2) is 24.7 Å². The first-order chi connectivity index (χ1) is 9.63. The summed E-state index contributed by atoms with van der Waals surface area (Å²) >= 11 is 0. The lowest BCUT2D eigenvalue weighted by molar-refractivity contribution is -0.116. The fourth-order valence-corrected chi connectivity index (χ4v) is 2.91. The molecule has 0 spiro atoms. The normalized spacial score (nSPS) is 23.1. The number of fused-ring (bicyclic) bond motifs is 1. The van der Waals surface area contributed by atoms with Gasteiger partial charge in [0.2, 0.25) is 5.91 Å². The van der Waals surface area contributed by atoms with Crippen LogP contribution in [0.3, 0.4) is 0 Å². The number of carbonyl (C=O) groups is 1. The molecule has 2 unspecified atom stereocenters. The number of anilines is 3. The van der Waals surface area contributed by atoms with Crippen molar-refractivity contribution in [2.75, 3.05) is 23.0 Å². The molecular weight excluding hydrogens is 254 g/mol. The molecular formula is C15H21N3O2. The number of ether oxygens (including phenoxy) is 1. The van der Waals surface area contributed by atoms with E-state index in [-0.39, 0.29) is 18.1 Å². The first-order valence-electron chi connectivity index (χ1n) is 7.24. The fourth-order valence-electron chi connectivity index (χ4n) is 2.91. The van der Waals surface area contributed by atoms with E-state index in [1.165, 1.54) is 0 Å². The summed E-state index contributed by atoms with van der Waals surface area (Å²) in [6.45, 7) is 2.94. The molecule has 20 heavy (non-hydrogen) atoms. The van der Waals surface area contributed by atoms with Crippen molar-refractivity contribution in [1.29, 1.82) is 0 Å². The minimum atomic E-state index is 0.0698. The van der Waals surface area contributed by atoms with Crippen molar-refractivity contribution in [3.63, 3.8) is 0 Å². The van der Waals surface area contributed by atoms with Crippen LogP contribution in [0.25, 0.3) is 0 Å². The lowest BCUT2D eigenvalue weighted by Crippen LogP contribution is -2.30. The van der Waals surface area contributed by atoms with E-state index >= 15 is 0 Å². The topological polar surface area (TPSA) is 76.4 Å². The van der Waals surface area contributed by atoms with Gasteiger partial charge in [0, 0.05) is 24.8 Å². The van der Waals surface area contributed by atoms with Gasteiger partial charge < -0.3 is 21.1 Å². The van der Waals surface area contributed by atoms with E-state index in [1.807, 2.05) is 12.1 Å². The average Bonchev–Trinajstić information content (AvgIpc) is 2.94. The maximum absolute atomic E-state index is 11.5. The molecule has 1 amide bonds. The van der Waals surface area contributed by atoms with Crippen LogP contribution in [0.2, 0.25) is 0 Å². The Morgan fingerprint density at radius 1 is 1.45 bits per heavy atom. The van der Waals surface area contributed by atoms with Crippen molar-refractivity contribution in [2.24, 2.45) is 0 Å². The molecule has 0 bridgehead atoms. The summed E-state index contributed by atoms with van der Waals surface area (Å²) < 4.78 is 5.68. The second kappa shape index (κ2) is 5.32. The SMILES string of the molecule is CC(Nc1cc2c(cc1N)CCC(=O)N2)C1CCCO1. The molecule has 2 aliphatic rings. The molecule has 4 N–H and O–H groups in total. The number of nitrogen functional groups attached to an aromatic ring is 1. The number of hydrogen-bond donors (Lipinski definition) is 3. The van der Waals surface area contributed by atoms with Gasteiger partial charge in [0.25, 0.3) is 0 Å². The highest BCUT2D eigenvalue weighted by atomic mass is 16.5. The Morgan fingerprint density at radius 2 is 2.30 bits per heavy atom. The van der Waals surface area contributed by atoms with Gasteiger partial charge in [0.05, 0.1) is 17.5 Å². The van der Waals surface area contributed by atoms with Gasteiger partial charge in [0.1, 0.15) is 0 Å².